The van der Waals surface area contributed by atoms with Gasteiger partial charge in [0.15, 0.2) is 11.5 Å². The molecule has 0 spiro atoms. The average Bonchev–Trinajstić information content (AvgIpc) is 2.95. The number of hydrogen-bond acceptors (Lipinski definition) is 5. The zero-order valence-electron chi connectivity index (χ0n) is 20.7. The summed E-state index contributed by atoms with van der Waals surface area (Å²) in [4.78, 5) is 25.5. The summed E-state index contributed by atoms with van der Waals surface area (Å²) < 4.78 is 17.2. The van der Waals surface area contributed by atoms with Crippen LogP contribution in [-0.4, -0.2) is 26.0 Å². The number of benzene rings is 4. The number of carbonyl (C=O) groups is 2. The van der Waals surface area contributed by atoms with E-state index in [0.29, 0.717) is 47.3 Å². The van der Waals surface area contributed by atoms with Crippen molar-refractivity contribution >= 4 is 17.5 Å². The van der Waals surface area contributed by atoms with Gasteiger partial charge < -0.3 is 24.8 Å². The van der Waals surface area contributed by atoms with E-state index in [9.17, 15) is 9.59 Å². The van der Waals surface area contributed by atoms with Gasteiger partial charge in [0.1, 0.15) is 19.0 Å². The Morgan fingerprint density at radius 3 is 1.86 bits per heavy atom. The Labute approximate surface area is 216 Å². The molecular weight excluding hydrogens is 468 g/mol. The molecule has 0 saturated heterocycles. The van der Waals surface area contributed by atoms with Crippen LogP contribution in [0.2, 0.25) is 0 Å². The van der Waals surface area contributed by atoms with Crippen molar-refractivity contribution in [3.05, 3.63) is 119 Å². The van der Waals surface area contributed by atoms with Crippen LogP contribution in [0.1, 0.15) is 31.8 Å². The zero-order valence-corrected chi connectivity index (χ0v) is 20.7. The Hall–Kier alpha value is -4.78. The van der Waals surface area contributed by atoms with Crippen molar-refractivity contribution in [2.45, 2.75) is 13.2 Å². The highest BCUT2D eigenvalue weighted by Crippen LogP contribution is 2.30. The van der Waals surface area contributed by atoms with E-state index in [1.165, 1.54) is 7.11 Å². The third-order valence-electron chi connectivity index (χ3n) is 5.61. The first-order valence-electron chi connectivity index (χ1n) is 11.8. The van der Waals surface area contributed by atoms with Gasteiger partial charge in [0.05, 0.1) is 12.7 Å². The fourth-order valence-corrected chi connectivity index (χ4v) is 3.65. The van der Waals surface area contributed by atoms with Gasteiger partial charge in [-0.1, -0.05) is 60.7 Å². The van der Waals surface area contributed by atoms with Crippen molar-refractivity contribution in [1.82, 2.24) is 5.32 Å². The number of ether oxygens (including phenoxy) is 3. The number of carbonyl (C=O) groups excluding carboxylic acids is 2. The van der Waals surface area contributed by atoms with Crippen LogP contribution < -0.4 is 24.8 Å². The maximum Gasteiger partial charge on any atom is 0.255 e. The maximum atomic E-state index is 13.0. The van der Waals surface area contributed by atoms with Gasteiger partial charge in [-0.25, -0.2) is 0 Å². The first kappa shape index (κ1) is 25.3. The molecular formula is C30H28N2O5. The lowest BCUT2D eigenvalue weighted by molar-refractivity contribution is 0.0957. The molecule has 0 radical (unpaired) electrons. The molecule has 4 rings (SSSR count). The standard InChI is InChI=1S/C30H28N2O5/c1-31-30(34)25-18-24(14-16-26(25)36-19-21-9-5-3-6-10-21)32-29(33)23-13-15-27(28(17-23)35-2)37-20-22-11-7-4-8-12-22/h3-18H,19-20H2,1-2H3,(H,31,34)(H,32,33). The second-order valence-electron chi connectivity index (χ2n) is 8.16. The molecule has 0 bridgehead atoms. The molecule has 0 atom stereocenters. The Morgan fingerprint density at radius 1 is 0.676 bits per heavy atom. The summed E-state index contributed by atoms with van der Waals surface area (Å²) in [7, 11) is 3.07. The summed E-state index contributed by atoms with van der Waals surface area (Å²) in [5.41, 5.74) is 3.16. The van der Waals surface area contributed by atoms with Crippen LogP contribution in [0.3, 0.4) is 0 Å². The molecule has 0 aliphatic heterocycles. The highest BCUT2D eigenvalue weighted by atomic mass is 16.5. The average molecular weight is 497 g/mol. The van der Waals surface area contributed by atoms with E-state index in [1.54, 1.807) is 43.4 Å². The second kappa shape index (κ2) is 12.3. The molecule has 2 N–H and O–H groups in total. The highest BCUT2D eigenvalue weighted by molar-refractivity contribution is 6.06. The number of hydrogen-bond donors (Lipinski definition) is 2. The monoisotopic (exact) mass is 496 g/mol. The maximum absolute atomic E-state index is 13.0. The summed E-state index contributed by atoms with van der Waals surface area (Å²) in [6, 6.07) is 29.4. The van der Waals surface area contributed by atoms with Gasteiger partial charge in [-0.2, -0.15) is 0 Å². The number of amides is 2. The van der Waals surface area contributed by atoms with Gasteiger partial charge in [-0.05, 0) is 47.5 Å². The predicted molar refractivity (Wildman–Crippen MR) is 142 cm³/mol. The minimum atomic E-state index is -0.353. The Morgan fingerprint density at radius 2 is 1.27 bits per heavy atom. The molecule has 4 aromatic carbocycles. The van der Waals surface area contributed by atoms with Crippen molar-refractivity contribution in [3.63, 3.8) is 0 Å². The van der Waals surface area contributed by atoms with Crippen molar-refractivity contribution in [1.29, 1.82) is 0 Å². The lowest BCUT2D eigenvalue weighted by Crippen LogP contribution is -2.20. The first-order valence-corrected chi connectivity index (χ1v) is 11.8. The molecule has 0 aromatic heterocycles. The molecule has 7 heteroatoms. The number of anilines is 1. The van der Waals surface area contributed by atoms with E-state index in [-0.39, 0.29) is 11.8 Å². The second-order valence-corrected chi connectivity index (χ2v) is 8.16. The predicted octanol–water partition coefficient (Wildman–Crippen LogP) is 5.47. The van der Waals surface area contributed by atoms with E-state index >= 15 is 0 Å². The minimum absolute atomic E-state index is 0.315. The van der Waals surface area contributed by atoms with Gasteiger partial charge in [0.2, 0.25) is 0 Å². The molecule has 7 nitrogen and oxygen atoms in total. The normalized spacial score (nSPS) is 10.3. The van der Waals surface area contributed by atoms with Crippen molar-refractivity contribution in [2.75, 3.05) is 19.5 Å². The summed E-state index contributed by atoms with van der Waals surface area (Å²) in [5, 5.41) is 5.45. The zero-order chi connectivity index (χ0) is 26.0. The van der Waals surface area contributed by atoms with Gasteiger partial charge in [-0.15, -0.1) is 0 Å². The van der Waals surface area contributed by atoms with Crippen LogP contribution in [0.4, 0.5) is 5.69 Å². The summed E-state index contributed by atoms with van der Waals surface area (Å²) in [6.45, 7) is 0.693. The van der Waals surface area contributed by atoms with Gasteiger partial charge in [-0.3, -0.25) is 9.59 Å². The quantitative estimate of drug-likeness (QED) is 0.304. The van der Waals surface area contributed by atoms with Crippen molar-refractivity contribution in [2.24, 2.45) is 0 Å². The third-order valence-corrected chi connectivity index (χ3v) is 5.61. The lowest BCUT2D eigenvalue weighted by atomic mass is 10.1. The van der Waals surface area contributed by atoms with E-state index < -0.39 is 0 Å². The Balaban J connectivity index is 1.47. The summed E-state index contributed by atoms with van der Waals surface area (Å²) in [6.07, 6.45) is 0. The topological polar surface area (TPSA) is 85.9 Å². The molecule has 0 aliphatic rings. The van der Waals surface area contributed by atoms with Crippen LogP contribution in [0.5, 0.6) is 17.2 Å². The largest absolute Gasteiger partial charge is 0.493 e. The van der Waals surface area contributed by atoms with Crippen LogP contribution in [0.25, 0.3) is 0 Å². The molecule has 0 fully saturated rings. The minimum Gasteiger partial charge on any atom is -0.493 e. The molecule has 188 valence electrons. The summed E-state index contributed by atoms with van der Waals surface area (Å²) >= 11 is 0. The van der Waals surface area contributed by atoms with E-state index in [2.05, 4.69) is 10.6 Å². The SMILES string of the molecule is CNC(=O)c1cc(NC(=O)c2ccc(OCc3ccccc3)c(OC)c2)ccc1OCc1ccccc1. The molecule has 4 aromatic rings. The van der Waals surface area contributed by atoms with Crippen LogP contribution in [0, 0.1) is 0 Å². The third kappa shape index (κ3) is 6.67. The molecule has 0 aliphatic carbocycles. The fourth-order valence-electron chi connectivity index (χ4n) is 3.65. The van der Waals surface area contributed by atoms with Gasteiger partial charge >= 0.3 is 0 Å². The fraction of sp³-hybridized carbons (Fsp3) is 0.133. The van der Waals surface area contributed by atoms with E-state index in [0.717, 1.165) is 11.1 Å². The highest BCUT2D eigenvalue weighted by Gasteiger charge is 2.16. The first-order chi connectivity index (χ1) is 18.1. The van der Waals surface area contributed by atoms with Crippen LogP contribution in [-0.2, 0) is 13.2 Å². The van der Waals surface area contributed by atoms with Gasteiger partial charge in [0.25, 0.3) is 11.8 Å². The number of nitrogens with one attached hydrogen (secondary N) is 2. The number of rotatable bonds is 10. The lowest BCUT2D eigenvalue weighted by Gasteiger charge is -2.14. The molecule has 2 amide bonds. The summed E-state index contributed by atoms with van der Waals surface area (Å²) in [5.74, 6) is 0.723. The van der Waals surface area contributed by atoms with Crippen LogP contribution in [0.15, 0.2) is 97.1 Å². The van der Waals surface area contributed by atoms with Gasteiger partial charge in [0, 0.05) is 18.3 Å². The Bertz CT molecular complexity index is 1360. The molecule has 37 heavy (non-hydrogen) atoms. The molecule has 0 heterocycles. The van der Waals surface area contributed by atoms with E-state index in [1.807, 2.05) is 60.7 Å². The Kier molecular flexibility index (Phi) is 8.39. The molecule has 0 unspecified atom stereocenters. The van der Waals surface area contributed by atoms with E-state index in [4.69, 9.17) is 14.2 Å². The van der Waals surface area contributed by atoms with Crippen LogP contribution >= 0.6 is 0 Å². The molecule has 0 saturated carbocycles. The van der Waals surface area contributed by atoms with Crippen molar-refractivity contribution in [3.8, 4) is 17.2 Å². The van der Waals surface area contributed by atoms with Crippen molar-refractivity contribution < 1.29 is 23.8 Å². The smallest absolute Gasteiger partial charge is 0.255 e. The number of methoxy groups -OCH3 is 1.